The highest BCUT2D eigenvalue weighted by Gasteiger charge is 2.40. The largest absolute Gasteiger partial charge is 0.465 e. The second-order valence-electron chi connectivity index (χ2n) is 6.09. The molecule has 0 aromatic heterocycles. The van der Waals surface area contributed by atoms with E-state index in [1.54, 1.807) is 13.8 Å². The van der Waals surface area contributed by atoms with Crippen LogP contribution >= 0.6 is 7.67 Å². The molecule has 0 aliphatic carbocycles. The molecule has 154 valence electrons. The molecule has 0 radical (unpaired) electrons. The predicted molar refractivity (Wildman–Crippen MR) is 95.5 cm³/mol. The van der Waals surface area contributed by atoms with Gasteiger partial charge in [0.1, 0.15) is 18.2 Å². The van der Waals surface area contributed by atoms with Crippen molar-refractivity contribution in [1.82, 2.24) is 10.2 Å². The Kier molecular flexibility index (Phi) is 9.36. The lowest BCUT2D eigenvalue weighted by Gasteiger charge is -2.28. The highest BCUT2D eigenvalue weighted by molar-refractivity contribution is 7.54. The van der Waals surface area contributed by atoms with Crippen molar-refractivity contribution in [3.8, 4) is 6.07 Å². The second-order valence-corrected chi connectivity index (χ2v) is 7.97. The van der Waals surface area contributed by atoms with Gasteiger partial charge >= 0.3 is 19.6 Å². The first-order valence-electron chi connectivity index (χ1n) is 8.89. The number of carbonyl (C=O) groups is 2. The predicted octanol–water partition coefficient (Wildman–Crippen LogP) is 1.27. The molecule has 1 saturated heterocycles. The third-order valence-electron chi connectivity index (χ3n) is 3.79. The average molecular weight is 405 g/mol. The first-order chi connectivity index (χ1) is 12.7. The van der Waals surface area contributed by atoms with Gasteiger partial charge in [-0.25, -0.2) is 10.2 Å². The monoisotopic (exact) mass is 405 g/mol. The molecule has 0 spiro atoms. The van der Waals surface area contributed by atoms with Crippen LogP contribution < -0.4 is 10.2 Å². The Morgan fingerprint density at radius 3 is 2.07 bits per heavy atom. The van der Waals surface area contributed by atoms with Crippen molar-refractivity contribution in [2.75, 3.05) is 26.4 Å². The standard InChI is InChI=1S/C16H28N3O7P/c1-5-23-14(20)12(3)18-27(22,19-13(4)15(21)24-6-2)26-11-16(10-17)8-7-9-25-16/h12-13H,5-9,11H2,1-4H3,(H2,18,19,22)/t12-,13-,16?/m0/s1. The van der Waals surface area contributed by atoms with E-state index in [9.17, 15) is 19.4 Å². The minimum Gasteiger partial charge on any atom is -0.465 e. The minimum atomic E-state index is -3.93. The van der Waals surface area contributed by atoms with Gasteiger partial charge in [-0.3, -0.25) is 14.2 Å². The summed E-state index contributed by atoms with van der Waals surface area (Å²) in [5.74, 6) is -1.25. The van der Waals surface area contributed by atoms with Gasteiger partial charge in [-0.2, -0.15) is 5.26 Å². The zero-order valence-electron chi connectivity index (χ0n) is 16.1. The van der Waals surface area contributed by atoms with Crippen molar-refractivity contribution >= 4 is 19.6 Å². The SMILES string of the molecule is CCOC(=O)[C@H](C)NP(=O)(N[C@@H](C)C(=O)OCC)OCC1(C#N)CCCO1. The van der Waals surface area contributed by atoms with Crippen LogP contribution in [0.5, 0.6) is 0 Å². The Morgan fingerprint density at radius 2 is 1.70 bits per heavy atom. The Bertz CT molecular complexity index is 571. The van der Waals surface area contributed by atoms with Gasteiger partial charge in [0.2, 0.25) is 0 Å². The van der Waals surface area contributed by atoms with Crippen LogP contribution in [0.4, 0.5) is 0 Å². The maximum Gasteiger partial charge on any atom is 0.342 e. The fraction of sp³-hybridized carbons (Fsp3) is 0.812. The van der Waals surface area contributed by atoms with E-state index in [4.69, 9.17) is 18.7 Å². The number of nitrogens with zero attached hydrogens (tertiary/aromatic N) is 1. The number of hydrogen-bond acceptors (Lipinski definition) is 8. The Hall–Kier alpha value is -1.50. The third kappa shape index (κ3) is 7.20. The molecule has 1 heterocycles. The number of carbonyl (C=O) groups excluding carboxylic acids is 2. The van der Waals surface area contributed by atoms with Crippen molar-refractivity contribution in [1.29, 1.82) is 5.26 Å². The Labute approximate surface area is 159 Å². The van der Waals surface area contributed by atoms with Crippen LogP contribution in [0.3, 0.4) is 0 Å². The zero-order chi connectivity index (χ0) is 20.5. The number of esters is 2. The minimum absolute atomic E-state index is 0.161. The third-order valence-corrected chi connectivity index (χ3v) is 5.74. The molecule has 1 unspecified atom stereocenters. The first kappa shape index (κ1) is 23.5. The van der Waals surface area contributed by atoms with Gasteiger partial charge in [-0.1, -0.05) is 0 Å². The van der Waals surface area contributed by atoms with Crippen LogP contribution in [-0.4, -0.2) is 56.1 Å². The molecule has 1 aliphatic rings. The highest BCUT2D eigenvalue weighted by Crippen LogP contribution is 2.41. The normalized spacial score (nSPS) is 21.9. The zero-order valence-corrected chi connectivity index (χ0v) is 17.0. The lowest BCUT2D eigenvalue weighted by molar-refractivity contribution is -0.145. The first-order valence-corrected chi connectivity index (χ1v) is 10.5. The maximum atomic E-state index is 13.2. The molecule has 27 heavy (non-hydrogen) atoms. The highest BCUT2D eigenvalue weighted by atomic mass is 31.2. The van der Waals surface area contributed by atoms with E-state index in [1.165, 1.54) is 13.8 Å². The topological polar surface area (TPSA) is 136 Å². The molecule has 11 heteroatoms. The molecule has 0 bridgehead atoms. The van der Waals surface area contributed by atoms with Gasteiger partial charge in [0.15, 0.2) is 5.60 Å². The molecule has 3 atom stereocenters. The number of nitriles is 1. The molecular formula is C16H28N3O7P. The molecule has 0 amide bonds. The fourth-order valence-electron chi connectivity index (χ4n) is 2.39. The second kappa shape index (κ2) is 10.7. The van der Waals surface area contributed by atoms with E-state index in [2.05, 4.69) is 10.2 Å². The summed E-state index contributed by atoms with van der Waals surface area (Å²) in [6, 6.07) is 0.0916. The molecule has 1 fully saturated rings. The lowest BCUT2D eigenvalue weighted by atomic mass is 10.0. The number of rotatable bonds is 11. The molecule has 2 N–H and O–H groups in total. The van der Waals surface area contributed by atoms with E-state index in [0.717, 1.165) is 0 Å². The van der Waals surface area contributed by atoms with Crippen molar-refractivity contribution < 1.29 is 32.9 Å². The molecule has 1 rings (SSSR count). The molecule has 0 saturated carbocycles. The Morgan fingerprint density at radius 1 is 1.19 bits per heavy atom. The van der Waals surface area contributed by atoms with Crippen LogP contribution in [0, 0.1) is 11.3 Å². The number of ether oxygens (including phenoxy) is 3. The van der Waals surface area contributed by atoms with Crippen LogP contribution in [0.2, 0.25) is 0 Å². The van der Waals surface area contributed by atoms with E-state index in [0.29, 0.717) is 19.4 Å². The van der Waals surface area contributed by atoms with Gasteiger partial charge < -0.3 is 18.7 Å². The summed E-state index contributed by atoms with van der Waals surface area (Å²) in [7, 11) is -3.93. The van der Waals surface area contributed by atoms with Crippen molar-refractivity contribution in [2.24, 2.45) is 0 Å². The molecule has 10 nitrogen and oxygen atoms in total. The summed E-state index contributed by atoms with van der Waals surface area (Å²) in [4.78, 5) is 23.7. The van der Waals surface area contributed by atoms with Crippen LogP contribution in [0.15, 0.2) is 0 Å². The quantitative estimate of drug-likeness (QED) is 0.382. The van der Waals surface area contributed by atoms with Crippen molar-refractivity contribution in [3.63, 3.8) is 0 Å². The molecular weight excluding hydrogens is 377 g/mol. The van der Waals surface area contributed by atoms with Gasteiger partial charge in [0.25, 0.3) is 0 Å². The maximum absolute atomic E-state index is 13.2. The van der Waals surface area contributed by atoms with Gasteiger partial charge in [0, 0.05) is 6.61 Å². The van der Waals surface area contributed by atoms with E-state index < -0.39 is 37.3 Å². The molecule has 0 aromatic rings. The smallest absolute Gasteiger partial charge is 0.342 e. The van der Waals surface area contributed by atoms with E-state index in [1.807, 2.05) is 6.07 Å². The summed E-state index contributed by atoms with van der Waals surface area (Å²) < 4.78 is 33.9. The van der Waals surface area contributed by atoms with E-state index >= 15 is 0 Å². The lowest BCUT2D eigenvalue weighted by Crippen LogP contribution is -2.43. The fourth-order valence-corrected chi connectivity index (χ4v) is 4.23. The molecule has 0 aromatic carbocycles. The summed E-state index contributed by atoms with van der Waals surface area (Å²) in [6.07, 6.45) is 1.12. The Balaban J connectivity index is 2.90. The summed E-state index contributed by atoms with van der Waals surface area (Å²) in [5.41, 5.74) is -1.21. The van der Waals surface area contributed by atoms with Crippen LogP contribution in [0.1, 0.15) is 40.5 Å². The van der Waals surface area contributed by atoms with Gasteiger partial charge in [-0.15, -0.1) is 0 Å². The van der Waals surface area contributed by atoms with Gasteiger partial charge in [0.05, 0.1) is 19.8 Å². The van der Waals surface area contributed by atoms with Crippen molar-refractivity contribution in [3.05, 3.63) is 0 Å². The summed E-state index contributed by atoms with van der Waals surface area (Å²) in [5, 5.41) is 14.5. The van der Waals surface area contributed by atoms with Crippen molar-refractivity contribution in [2.45, 2.75) is 58.2 Å². The van der Waals surface area contributed by atoms with E-state index in [-0.39, 0.29) is 19.8 Å². The summed E-state index contributed by atoms with van der Waals surface area (Å²) in [6.45, 7) is 6.65. The number of nitrogens with one attached hydrogen (secondary N) is 2. The number of hydrogen-bond donors (Lipinski definition) is 2. The van der Waals surface area contributed by atoms with Crippen LogP contribution in [-0.2, 0) is 32.9 Å². The van der Waals surface area contributed by atoms with Crippen LogP contribution in [0.25, 0.3) is 0 Å². The molecule has 1 aliphatic heterocycles. The average Bonchev–Trinajstić information content (AvgIpc) is 3.10. The van der Waals surface area contributed by atoms with Gasteiger partial charge in [-0.05, 0) is 40.5 Å². The summed E-state index contributed by atoms with van der Waals surface area (Å²) >= 11 is 0.